The van der Waals surface area contributed by atoms with Crippen molar-refractivity contribution < 1.29 is 4.74 Å². The number of hydrogen-bond donors (Lipinski definition) is 1. The Morgan fingerprint density at radius 3 is 2.60 bits per heavy atom. The van der Waals surface area contributed by atoms with E-state index in [1.54, 1.807) is 0 Å². The molecule has 1 rings (SSSR count). The first-order valence-corrected chi connectivity index (χ1v) is 6.61. The van der Waals surface area contributed by atoms with Crippen LogP contribution in [0, 0.1) is 5.92 Å². The van der Waals surface area contributed by atoms with Gasteiger partial charge in [0.05, 0.1) is 6.10 Å². The van der Waals surface area contributed by atoms with Gasteiger partial charge >= 0.3 is 0 Å². The Balaban J connectivity index is 1.83. The van der Waals surface area contributed by atoms with Gasteiger partial charge < -0.3 is 10.1 Å². The number of nitrogens with one attached hydrogen (secondary N) is 1. The first-order chi connectivity index (χ1) is 7.29. The highest BCUT2D eigenvalue weighted by Gasteiger charge is 2.12. The van der Waals surface area contributed by atoms with Gasteiger partial charge in [-0.15, -0.1) is 0 Å². The van der Waals surface area contributed by atoms with E-state index < -0.39 is 0 Å². The van der Waals surface area contributed by atoms with Gasteiger partial charge in [0.15, 0.2) is 0 Å². The molecule has 1 aliphatic carbocycles. The van der Waals surface area contributed by atoms with Crippen LogP contribution >= 0.6 is 0 Å². The second-order valence-electron chi connectivity index (χ2n) is 5.08. The van der Waals surface area contributed by atoms with Crippen LogP contribution in [0.4, 0.5) is 0 Å². The second-order valence-corrected chi connectivity index (χ2v) is 5.08. The van der Waals surface area contributed by atoms with Crippen molar-refractivity contribution in [3.05, 3.63) is 0 Å². The largest absolute Gasteiger partial charge is 0.378 e. The van der Waals surface area contributed by atoms with Crippen molar-refractivity contribution in [1.82, 2.24) is 5.32 Å². The Labute approximate surface area is 94.8 Å². The highest BCUT2D eigenvalue weighted by molar-refractivity contribution is 4.65. The molecule has 0 bridgehead atoms. The van der Waals surface area contributed by atoms with Crippen molar-refractivity contribution in [3.63, 3.8) is 0 Å². The van der Waals surface area contributed by atoms with E-state index in [9.17, 15) is 0 Å². The summed E-state index contributed by atoms with van der Waals surface area (Å²) < 4.78 is 5.85. The molecular formula is C13H27NO. The molecule has 0 heterocycles. The Morgan fingerprint density at radius 2 is 1.93 bits per heavy atom. The van der Waals surface area contributed by atoms with Gasteiger partial charge in [-0.1, -0.05) is 33.1 Å². The zero-order chi connectivity index (χ0) is 10.9. The molecule has 1 fully saturated rings. The average Bonchev–Trinajstić information content (AvgIpc) is 2.24. The summed E-state index contributed by atoms with van der Waals surface area (Å²) in [6, 6.07) is 0. The lowest BCUT2D eigenvalue weighted by Crippen LogP contribution is -2.23. The van der Waals surface area contributed by atoms with Crippen molar-refractivity contribution in [2.24, 2.45) is 5.92 Å². The van der Waals surface area contributed by atoms with Crippen molar-refractivity contribution in [2.45, 2.75) is 58.5 Å². The Hall–Kier alpha value is -0.0800. The van der Waals surface area contributed by atoms with Crippen molar-refractivity contribution >= 4 is 0 Å². The van der Waals surface area contributed by atoms with Gasteiger partial charge in [0.1, 0.15) is 0 Å². The summed E-state index contributed by atoms with van der Waals surface area (Å²) in [7, 11) is 0. The first kappa shape index (κ1) is 13.0. The van der Waals surface area contributed by atoms with Crippen molar-refractivity contribution in [2.75, 3.05) is 19.7 Å². The maximum atomic E-state index is 5.85. The topological polar surface area (TPSA) is 21.3 Å². The lowest BCUT2D eigenvalue weighted by molar-refractivity contribution is 0.0273. The maximum absolute atomic E-state index is 5.85. The van der Waals surface area contributed by atoms with E-state index >= 15 is 0 Å². The summed E-state index contributed by atoms with van der Waals surface area (Å²) in [5, 5.41) is 3.44. The van der Waals surface area contributed by atoms with Crippen LogP contribution in [0.15, 0.2) is 0 Å². The van der Waals surface area contributed by atoms with Gasteiger partial charge in [-0.25, -0.2) is 0 Å². The van der Waals surface area contributed by atoms with Gasteiger partial charge in [0.25, 0.3) is 0 Å². The van der Waals surface area contributed by atoms with E-state index in [-0.39, 0.29) is 0 Å². The minimum absolute atomic E-state index is 0.573. The predicted molar refractivity (Wildman–Crippen MR) is 65.1 cm³/mol. The van der Waals surface area contributed by atoms with Crippen LogP contribution < -0.4 is 5.32 Å². The van der Waals surface area contributed by atoms with E-state index in [1.165, 1.54) is 32.1 Å². The number of ether oxygens (including phenoxy) is 1. The molecule has 0 spiro atoms. The standard InChI is InChI=1S/C13H27NO/c1-12(2)11-14-9-6-10-15-13-7-4-3-5-8-13/h12-14H,3-11H2,1-2H3. The summed E-state index contributed by atoms with van der Waals surface area (Å²) in [6.45, 7) is 7.65. The maximum Gasteiger partial charge on any atom is 0.0575 e. The van der Waals surface area contributed by atoms with Crippen molar-refractivity contribution in [1.29, 1.82) is 0 Å². The third kappa shape index (κ3) is 6.91. The van der Waals surface area contributed by atoms with Gasteiger partial charge in [-0.3, -0.25) is 0 Å². The third-order valence-corrected chi connectivity index (χ3v) is 2.96. The molecule has 1 aliphatic rings. The van der Waals surface area contributed by atoms with E-state index in [4.69, 9.17) is 4.74 Å². The third-order valence-electron chi connectivity index (χ3n) is 2.96. The van der Waals surface area contributed by atoms with E-state index in [1.807, 2.05) is 0 Å². The molecule has 15 heavy (non-hydrogen) atoms. The highest BCUT2D eigenvalue weighted by Crippen LogP contribution is 2.20. The van der Waals surface area contributed by atoms with Crippen LogP contribution in [0.25, 0.3) is 0 Å². The molecule has 0 unspecified atom stereocenters. The molecule has 0 aromatic heterocycles. The van der Waals surface area contributed by atoms with Crippen molar-refractivity contribution in [3.8, 4) is 0 Å². The Morgan fingerprint density at radius 1 is 1.20 bits per heavy atom. The fourth-order valence-electron chi connectivity index (χ4n) is 2.07. The minimum atomic E-state index is 0.573. The van der Waals surface area contributed by atoms with Crippen LogP contribution in [0.2, 0.25) is 0 Å². The second kappa shape index (κ2) is 8.12. The van der Waals surface area contributed by atoms with Crippen LogP contribution in [0.5, 0.6) is 0 Å². The Bertz CT molecular complexity index is 141. The molecular weight excluding hydrogens is 186 g/mol. The minimum Gasteiger partial charge on any atom is -0.378 e. The summed E-state index contributed by atoms with van der Waals surface area (Å²) >= 11 is 0. The van der Waals surface area contributed by atoms with Crippen LogP contribution in [-0.4, -0.2) is 25.8 Å². The zero-order valence-electron chi connectivity index (χ0n) is 10.4. The lowest BCUT2D eigenvalue weighted by atomic mass is 9.98. The van der Waals surface area contributed by atoms with Crippen LogP contribution in [0.1, 0.15) is 52.4 Å². The summed E-state index contributed by atoms with van der Waals surface area (Å²) in [6.07, 6.45) is 8.47. The molecule has 90 valence electrons. The molecule has 0 atom stereocenters. The van der Waals surface area contributed by atoms with E-state index in [0.717, 1.165) is 32.0 Å². The molecule has 0 saturated heterocycles. The van der Waals surface area contributed by atoms with Gasteiger partial charge in [0.2, 0.25) is 0 Å². The monoisotopic (exact) mass is 213 g/mol. The molecule has 2 nitrogen and oxygen atoms in total. The molecule has 0 radical (unpaired) electrons. The molecule has 0 aliphatic heterocycles. The van der Waals surface area contributed by atoms with Gasteiger partial charge in [-0.05, 0) is 38.3 Å². The predicted octanol–water partition coefficient (Wildman–Crippen LogP) is 2.97. The highest BCUT2D eigenvalue weighted by atomic mass is 16.5. The molecule has 0 aromatic carbocycles. The smallest absolute Gasteiger partial charge is 0.0575 e. The van der Waals surface area contributed by atoms with Gasteiger partial charge in [0, 0.05) is 6.61 Å². The molecule has 2 heteroatoms. The first-order valence-electron chi connectivity index (χ1n) is 6.61. The molecule has 0 aromatic rings. The number of rotatable bonds is 7. The zero-order valence-corrected chi connectivity index (χ0v) is 10.4. The quantitative estimate of drug-likeness (QED) is 0.656. The fraction of sp³-hybridized carbons (Fsp3) is 1.00. The molecule has 1 N–H and O–H groups in total. The summed E-state index contributed by atoms with van der Waals surface area (Å²) in [4.78, 5) is 0. The SMILES string of the molecule is CC(C)CNCCCOC1CCCCC1. The average molecular weight is 213 g/mol. The van der Waals surface area contributed by atoms with E-state index in [2.05, 4.69) is 19.2 Å². The normalized spacial score (nSPS) is 18.6. The number of hydrogen-bond acceptors (Lipinski definition) is 2. The summed E-state index contributed by atoms with van der Waals surface area (Å²) in [5.74, 6) is 0.754. The van der Waals surface area contributed by atoms with Crippen LogP contribution in [-0.2, 0) is 4.74 Å². The fourth-order valence-corrected chi connectivity index (χ4v) is 2.07. The van der Waals surface area contributed by atoms with E-state index in [0.29, 0.717) is 6.10 Å². The van der Waals surface area contributed by atoms with Gasteiger partial charge in [-0.2, -0.15) is 0 Å². The molecule has 1 saturated carbocycles. The molecule has 0 amide bonds. The van der Waals surface area contributed by atoms with Crippen LogP contribution in [0.3, 0.4) is 0 Å². The summed E-state index contributed by atoms with van der Waals surface area (Å²) in [5.41, 5.74) is 0. The Kier molecular flexibility index (Phi) is 7.03. The lowest BCUT2D eigenvalue weighted by Gasteiger charge is -2.22.